The van der Waals surface area contributed by atoms with Gasteiger partial charge in [0.25, 0.3) is 0 Å². The fraction of sp³-hybridized carbons (Fsp3) is 0.400. The fourth-order valence-corrected chi connectivity index (χ4v) is 2.64. The molecule has 0 aromatic carbocycles. The molecule has 1 atom stereocenters. The molecule has 1 amide bonds. The molecule has 0 spiro atoms. The predicted octanol–water partition coefficient (Wildman–Crippen LogP) is 1.91. The van der Waals surface area contributed by atoms with Gasteiger partial charge in [-0.15, -0.1) is 0 Å². The Hall–Kier alpha value is -1.10. The van der Waals surface area contributed by atoms with Gasteiger partial charge in [0.1, 0.15) is 11.6 Å². The summed E-state index contributed by atoms with van der Waals surface area (Å²) in [5.74, 6) is 1.98. The van der Waals surface area contributed by atoms with Crippen LogP contribution < -0.4 is 5.32 Å². The number of hydrogen-bond donors (Lipinski definition) is 1. The molecule has 5 heteroatoms. The molecular weight excluding hydrogens is 215 g/mol. The third kappa shape index (κ3) is 2.68. The van der Waals surface area contributed by atoms with E-state index in [1.54, 1.807) is 11.8 Å². The number of nitrogens with one attached hydrogen (secondary N) is 1. The summed E-state index contributed by atoms with van der Waals surface area (Å²) in [4.78, 5) is 15.4. The van der Waals surface area contributed by atoms with E-state index in [9.17, 15) is 9.18 Å². The van der Waals surface area contributed by atoms with Gasteiger partial charge in [-0.25, -0.2) is 9.37 Å². The normalized spacial score (nSPS) is 20.2. The van der Waals surface area contributed by atoms with Gasteiger partial charge in [-0.05, 0) is 24.3 Å². The Bertz CT molecular complexity index is 349. The lowest BCUT2D eigenvalue weighted by Crippen LogP contribution is -2.22. The standard InChI is InChI=1S/C10H11FN2OS/c11-8-1-2-9(12-5-8)13-10(14)7-3-4-15-6-7/h1-2,5,7H,3-4,6H2,(H,12,13,14)/t7-/m1/s1. The molecule has 1 aromatic heterocycles. The average molecular weight is 226 g/mol. The van der Waals surface area contributed by atoms with Gasteiger partial charge in [-0.1, -0.05) is 0 Å². The Morgan fingerprint density at radius 3 is 3.07 bits per heavy atom. The smallest absolute Gasteiger partial charge is 0.229 e. The summed E-state index contributed by atoms with van der Waals surface area (Å²) in [5, 5.41) is 2.68. The van der Waals surface area contributed by atoms with Crippen molar-refractivity contribution < 1.29 is 9.18 Å². The molecule has 1 aliphatic heterocycles. The van der Waals surface area contributed by atoms with Crippen LogP contribution in [0.1, 0.15) is 6.42 Å². The lowest BCUT2D eigenvalue weighted by atomic mass is 10.1. The molecule has 15 heavy (non-hydrogen) atoms. The number of pyridine rings is 1. The Morgan fingerprint density at radius 1 is 1.60 bits per heavy atom. The van der Waals surface area contributed by atoms with E-state index in [0.29, 0.717) is 5.82 Å². The second kappa shape index (κ2) is 4.61. The van der Waals surface area contributed by atoms with E-state index in [1.165, 1.54) is 12.1 Å². The summed E-state index contributed by atoms with van der Waals surface area (Å²) >= 11 is 1.78. The lowest BCUT2D eigenvalue weighted by molar-refractivity contribution is -0.119. The zero-order valence-corrected chi connectivity index (χ0v) is 8.89. The molecule has 3 nitrogen and oxygen atoms in total. The van der Waals surface area contributed by atoms with E-state index < -0.39 is 5.82 Å². The summed E-state index contributed by atoms with van der Waals surface area (Å²) in [6.45, 7) is 0. The predicted molar refractivity (Wildman–Crippen MR) is 58.3 cm³/mol. The number of carbonyl (C=O) groups excluding carboxylic acids is 1. The van der Waals surface area contributed by atoms with Crippen molar-refractivity contribution in [2.45, 2.75) is 6.42 Å². The van der Waals surface area contributed by atoms with Gasteiger partial charge in [0, 0.05) is 11.7 Å². The van der Waals surface area contributed by atoms with Crippen LogP contribution in [0.15, 0.2) is 18.3 Å². The van der Waals surface area contributed by atoms with Crippen LogP contribution in [-0.4, -0.2) is 22.4 Å². The van der Waals surface area contributed by atoms with Crippen molar-refractivity contribution in [3.8, 4) is 0 Å². The first kappa shape index (κ1) is 10.4. The molecule has 0 saturated carbocycles. The first-order valence-electron chi connectivity index (χ1n) is 4.76. The highest BCUT2D eigenvalue weighted by Gasteiger charge is 2.23. The highest BCUT2D eigenvalue weighted by molar-refractivity contribution is 7.99. The van der Waals surface area contributed by atoms with Crippen molar-refractivity contribution in [1.29, 1.82) is 0 Å². The van der Waals surface area contributed by atoms with Crippen LogP contribution in [0.25, 0.3) is 0 Å². The second-order valence-corrected chi connectivity index (χ2v) is 4.56. The number of halogens is 1. The Labute approximate surface area is 91.5 Å². The highest BCUT2D eigenvalue weighted by atomic mass is 32.2. The summed E-state index contributed by atoms with van der Waals surface area (Å²) < 4.78 is 12.5. The van der Waals surface area contributed by atoms with E-state index in [2.05, 4.69) is 10.3 Å². The molecule has 2 rings (SSSR count). The quantitative estimate of drug-likeness (QED) is 0.837. The van der Waals surface area contributed by atoms with E-state index in [0.717, 1.165) is 24.1 Å². The Kier molecular flexibility index (Phi) is 3.20. The van der Waals surface area contributed by atoms with Crippen LogP contribution in [0.2, 0.25) is 0 Å². The van der Waals surface area contributed by atoms with Gasteiger partial charge in [0.2, 0.25) is 5.91 Å². The molecule has 1 aromatic rings. The number of aromatic nitrogens is 1. The molecular formula is C10H11FN2OS. The minimum atomic E-state index is -0.399. The summed E-state index contributed by atoms with van der Waals surface area (Å²) in [7, 11) is 0. The van der Waals surface area contributed by atoms with Crippen molar-refractivity contribution in [1.82, 2.24) is 4.98 Å². The summed E-state index contributed by atoms with van der Waals surface area (Å²) in [5.41, 5.74) is 0. The first-order valence-corrected chi connectivity index (χ1v) is 5.91. The van der Waals surface area contributed by atoms with Crippen LogP contribution in [0, 0.1) is 11.7 Å². The topological polar surface area (TPSA) is 42.0 Å². The van der Waals surface area contributed by atoms with Gasteiger partial charge in [0.15, 0.2) is 0 Å². The van der Waals surface area contributed by atoms with Crippen molar-refractivity contribution in [2.24, 2.45) is 5.92 Å². The van der Waals surface area contributed by atoms with E-state index >= 15 is 0 Å². The van der Waals surface area contributed by atoms with Crippen LogP contribution in [-0.2, 0) is 4.79 Å². The zero-order chi connectivity index (χ0) is 10.7. The molecule has 0 bridgehead atoms. The van der Waals surface area contributed by atoms with E-state index in [-0.39, 0.29) is 11.8 Å². The van der Waals surface area contributed by atoms with Gasteiger partial charge >= 0.3 is 0 Å². The van der Waals surface area contributed by atoms with Crippen LogP contribution in [0.3, 0.4) is 0 Å². The van der Waals surface area contributed by atoms with Gasteiger partial charge in [-0.2, -0.15) is 11.8 Å². The number of anilines is 1. The first-order chi connectivity index (χ1) is 7.25. The minimum Gasteiger partial charge on any atom is -0.310 e. The number of thioether (sulfide) groups is 1. The van der Waals surface area contributed by atoms with Crippen LogP contribution in [0.5, 0.6) is 0 Å². The fourth-order valence-electron chi connectivity index (χ4n) is 1.42. The van der Waals surface area contributed by atoms with Crippen molar-refractivity contribution in [3.05, 3.63) is 24.1 Å². The van der Waals surface area contributed by atoms with Crippen LogP contribution in [0.4, 0.5) is 10.2 Å². The maximum absolute atomic E-state index is 12.5. The third-order valence-corrected chi connectivity index (χ3v) is 3.44. The van der Waals surface area contributed by atoms with Crippen molar-refractivity contribution in [2.75, 3.05) is 16.8 Å². The molecule has 1 saturated heterocycles. The number of hydrogen-bond acceptors (Lipinski definition) is 3. The largest absolute Gasteiger partial charge is 0.310 e. The number of carbonyl (C=O) groups is 1. The summed E-state index contributed by atoms with van der Waals surface area (Å²) in [6, 6.07) is 2.75. The molecule has 80 valence electrons. The number of amides is 1. The monoisotopic (exact) mass is 226 g/mol. The molecule has 1 fully saturated rings. The maximum Gasteiger partial charge on any atom is 0.229 e. The minimum absolute atomic E-state index is 0.0147. The molecule has 1 aliphatic rings. The molecule has 2 heterocycles. The third-order valence-electron chi connectivity index (χ3n) is 2.28. The zero-order valence-electron chi connectivity index (χ0n) is 8.07. The second-order valence-electron chi connectivity index (χ2n) is 3.41. The maximum atomic E-state index is 12.5. The lowest BCUT2D eigenvalue weighted by Gasteiger charge is -2.08. The van der Waals surface area contributed by atoms with E-state index in [1.807, 2.05) is 0 Å². The van der Waals surface area contributed by atoms with Gasteiger partial charge in [0.05, 0.1) is 6.20 Å². The highest BCUT2D eigenvalue weighted by Crippen LogP contribution is 2.24. The SMILES string of the molecule is O=C(Nc1ccc(F)cn1)[C@@H]1CCSC1. The van der Waals surface area contributed by atoms with Crippen molar-refractivity contribution in [3.63, 3.8) is 0 Å². The summed E-state index contributed by atoms with van der Waals surface area (Å²) in [6.07, 6.45) is 2.01. The average Bonchev–Trinajstić information content (AvgIpc) is 2.74. The molecule has 0 aliphatic carbocycles. The number of rotatable bonds is 2. The molecule has 0 unspecified atom stereocenters. The van der Waals surface area contributed by atoms with Crippen molar-refractivity contribution >= 4 is 23.5 Å². The van der Waals surface area contributed by atoms with Gasteiger partial charge < -0.3 is 5.32 Å². The molecule has 1 N–H and O–H groups in total. The van der Waals surface area contributed by atoms with E-state index in [4.69, 9.17) is 0 Å². The molecule has 0 radical (unpaired) electrons. The Morgan fingerprint density at radius 2 is 2.47 bits per heavy atom. The van der Waals surface area contributed by atoms with Gasteiger partial charge in [-0.3, -0.25) is 4.79 Å². The number of nitrogens with zero attached hydrogens (tertiary/aromatic N) is 1. The van der Waals surface area contributed by atoms with Crippen LogP contribution >= 0.6 is 11.8 Å². The Balaban J connectivity index is 1.96.